The molecule has 0 aromatic rings. The maximum atomic E-state index is 10.1. The average Bonchev–Trinajstić information content (AvgIpc) is 2.84. The molecule has 126 valence electrons. The number of quaternary nitrogens is 1. The van der Waals surface area contributed by atoms with Crippen molar-refractivity contribution in [2.45, 2.75) is 83.8 Å². The Hall–Kier alpha value is -0.0800. The predicted molar refractivity (Wildman–Crippen MR) is 89.4 cm³/mol. The lowest BCUT2D eigenvalue weighted by atomic mass is 9.45. The van der Waals surface area contributed by atoms with Crippen LogP contribution < -0.4 is 5.32 Å². The van der Waals surface area contributed by atoms with Crippen LogP contribution in [0.15, 0.2) is 0 Å². The van der Waals surface area contributed by atoms with E-state index in [9.17, 15) is 5.11 Å². The van der Waals surface area contributed by atoms with Crippen LogP contribution in [0.3, 0.4) is 0 Å². The predicted octanol–water partition coefficient (Wildman–Crippen LogP) is 2.95. The zero-order chi connectivity index (χ0) is 15.5. The fraction of sp³-hybridized carbons (Fsp3) is 1.00. The van der Waals surface area contributed by atoms with E-state index < -0.39 is 0 Å². The Balaban J connectivity index is 1.61. The minimum atomic E-state index is -0.00552. The normalized spacial score (nSPS) is 57.8. The van der Waals surface area contributed by atoms with Crippen molar-refractivity contribution in [3.63, 3.8) is 0 Å². The Morgan fingerprint density at radius 3 is 2.36 bits per heavy atom. The first-order chi connectivity index (χ1) is 10.5. The zero-order valence-corrected chi connectivity index (χ0v) is 14.9. The van der Waals surface area contributed by atoms with E-state index in [1.54, 1.807) is 0 Å². The summed E-state index contributed by atoms with van der Waals surface area (Å²) in [6, 6.07) is 0.872. The van der Waals surface area contributed by atoms with Gasteiger partial charge in [-0.1, -0.05) is 13.8 Å². The largest absolute Gasteiger partial charge is 0.393 e. The molecule has 3 N–H and O–H groups in total. The molecule has 0 unspecified atom stereocenters. The maximum absolute atomic E-state index is 10.1. The van der Waals surface area contributed by atoms with Crippen molar-refractivity contribution in [3.8, 4) is 0 Å². The van der Waals surface area contributed by atoms with Crippen molar-refractivity contribution in [2.24, 2.45) is 34.5 Å². The van der Waals surface area contributed by atoms with E-state index in [0.717, 1.165) is 42.6 Å². The molecule has 2 heteroatoms. The molecule has 0 amide bonds. The van der Waals surface area contributed by atoms with Gasteiger partial charge >= 0.3 is 0 Å². The summed E-state index contributed by atoms with van der Waals surface area (Å²) < 4.78 is 0. The molecular weight excluding hydrogens is 270 g/mol. The van der Waals surface area contributed by atoms with Gasteiger partial charge in [0.2, 0.25) is 0 Å². The third-order valence-electron chi connectivity index (χ3n) is 9.11. The van der Waals surface area contributed by atoms with Gasteiger partial charge in [-0.15, -0.1) is 0 Å². The minimum Gasteiger partial charge on any atom is -0.393 e. The van der Waals surface area contributed by atoms with Gasteiger partial charge in [0.25, 0.3) is 0 Å². The second kappa shape index (κ2) is 5.21. The molecule has 2 nitrogen and oxygen atoms in total. The van der Waals surface area contributed by atoms with Crippen molar-refractivity contribution in [2.75, 3.05) is 7.05 Å². The molecule has 0 bridgehead atoms. The van der Waals surface area contributed by atoms with E-state index in [-0.39, 0.29) is 6.10 Å². The fourth-order valence-corrected chi connectivity index (χ4v) is 7.82. The lowest BCUT2D eigenvalue weighted by Gasteiger charge is -2.60. The second-order valence-electron chi connectivity index (χ2n) is 9.65. The van der Waals surface area contributed by atoms with Gasteiger partial charge in [-0.3, -0.25) is 0 Å². The van der Waals surface area contributed by atoms with Crippen LogP contribution in [0.5, 0.6) is 0 Å². The van der Waals surface area contributed by atoms with E-state index in [2.05, 4.69) is 26.2 Å². The molecule has 0 saturated heterocycles. The Kier molecular flexibility index (Phi) is 3.66. The summed E-state index contributed by atoms with van der Waals surface area (Å²) in [5, 5.41) is 12.6. The van der Waals surface area contributed by atoms with Crippen molar-refractivity contribution in [3.05, 3.63) is 0 Å². The van der Waals surface area contributed by atoms with Gasteiger partial charge in [0.05, 0.1) is 19.2 Å². The molecule has 0 spiro atoms. The summed E-state index contributed by atoms with van der Waals surface area (Å²) in [7, 11) is 2.30. The van der Waals surface area contributed by atoms with Crippen LogP contribution >= 0.6 is 0 Å². The third-order valence-corrected chi connectivity index (χ3v) is 9.11. The second-order valence-corrected chi connectivity index (χ2v) is 9.65. The summed E-state index contributed by atoms with van der Waals surface area (Å²) in [4.78, 5) is 0. The summed E-state index contributed by atoms with van der Waals surface area (Å²) in [6.07, 6.45) is 12.1. The Morgan fingerprint density at radius 2 is 1.59 bits per heavy atom. The standard InChI is InChI=1S/C20H35NO/c1-19-10-8-14(22)12-13(19)4-5-15-16-6-7-18(21-3)20(16,2)11-9-17(15)19/h13-18,21-22H,4-12H2,1-3H3/p+1/t13-,14-,15-,16+,17-,18-,19+,20+/m0/s1. The lowest BCUT2D eigenvalue weighted by Crippen LogP contribution is -2.89. The number of fused-ring (bicyclic) bond motifs is 5. The monoisotopic (exact) mass is 306 g/mol. The highest BCUT2D eigenvalue weighted by Crippen LogP contribution is 2.65. The molecule has 8 atom stereocenters. The molecule has 0 heterocycles. The van der Waals surface area contributed by atoms with Crippen LogP contribution in [0.1, 0.15) is 71.6 Å². The molecule has 4 aliphatic rings. The van der Waals surface area contributed by atoms with E-state index in [4.69, 9.17) is 0 Å². The summed E-state index contributed by atoms with van der Waals surface area (Å²) in [6.45, 7) is 5.21. The lowest BCUT2D eigenvalue weighted by molar-refractivity contribution is -0.676. The quantitative estimate of drug-likeness (QED) is 0.768. The van der Waals surface area contributed by atoms with Crippen molar-refractivity contribution in [1.82, 2.24) is 0 Å². The molecule has 0 radical (unpaired) electrons. The topological polar surface area (TPSA) is 36.8 Å². The summed E-state index contributed by atoms with van der Waals surface area (Å²) >= 11 is 0. The van der Waals surface area contributed by atoms with Gasteiger partial charge < -0.3 is 10.4 Å². The molecular formula is C20H36NO+. The molecule has 4 aliphatic carbocycles. The fourth-order valence-electron chi connectivity index (χ4n) is 7.82. The summed E-state index contributed by atoms with van der Waals surface area (Å²) in [5.41, 5.74) is 1.14. The van der Waals surface area contributed by atoms with Crippen LogP contribution in [-0.2, 0) is 0 Å². The highest BCUT2D eigenvalue weighted by atomic mass is 16.3. The van der Waals surface area contributed by atoms with Gasteiger partial charge in [0.1, 0.15) is 0 Å². The van der Waals surface area contributed by atoms with E-state index >= 15 is 0 Å². The van der Waals surface area contributed by atoms with Crippen LogP contribution in [0.2, 0.25) is 0 Å². The Labute approximate surface area is 136 Å². The maximum Gasteiger partial charge on any atom is 0.0914 e. The zero-order valence-electron chi connectivity index (χ0n) is 14.9. The molecule has 4 rings (SSSR count). The molecule has 0 aliphatic heterocycles. The smallest absolute Gasteiger partial charge is 0.0914 e. The molecule has 4 saturated carbocycles. The van der Waals surface area contributed by atoms with Gasteiger partial charge in [-0.2, -0.15) is 0 Å². The minimum absolute atomic E-state index is 0.00552. The first-order valence-corrected chi connectivity index (χ1v) is 9.96. The first-order valence-electron chi connectivity index (χ1n) is 9.96. The van der Waals surface area contributed by atoms with E-state index in [1.165, 1.54) is 44.9 Å². The Morgan fingerprint density at radius 1 is 0.864 bits per heavy atom. The summed E-state index contributed by atoms with van der Waals surface area (Å²) in [5.74, 6) is 3.72. The van der Waals surface area contributed by atoms with Gasteiger partial charge in [0.15, 0.2) is 0 Å². The first kappa shape index (κ1) is 15.4. The number of nitrogens with two attached hydrogens (primary N) is 1. The third kappa shape index (κ3) is 1.99. The van der Waals surface area contributed by atoms with Crippen LogP contribution in [-0.4, -0.2) is 24.3 Å². The van der Waals surface area contributed by atoms with E-state index in [1.807, 2.05) is 0 Å². The number of hydrogen-bond acceptors (Lipinski definition) is 1. The number of rotatable bonds is 1. The van der Waals surface area contributed by atoms with Gasteiger partial charge in [0, 0.05) is 11.8 Å². The van der Waals surface area contributed by atoms with Crippen LogP contribution in [0, 0.1) is 34.5 Å². The average molecular weight is 307 g/mol. The Bertz CT molecular complexity index is 437. The van der Waals surface area contributed by atoms with E-state index in [0.29, 0.717) is 10.8 Å². The SMILES string of the molecule is C[NH2+][C@H]1CC[C@@H]2[C@@H]3CC[C@H]4C[C@@H](O)CC[C@@]4(C)[C@H]3CC[C@@]12C. The number of aliphatic hydroxyl groups excluding tert-OH is 1. The highest BCUT2D eigenvalue weighted by Gasteiger charge is 2.60. The highest BCUT2D eigenvalue weighted by molar-refractivity contribution is 5.09. The molecule has 0 aromatic carbocycles. The molecule has 0 aromatic heterocycles. The van der Waals surface area contributed by atoms with Crippen molar-refractivity contribution < 1.29 is 10.4 Å². The molecule has 4 fully saturated rings. The van der Waals surface area contributed by atoms with Gasteiger partial charge in [-0.25, -0.2) is 0 Å². The van der Waals surface area contributed by atoms with Gasteiger partial charge in [-0.05, 0) is 80.5 Å². The number of aliphatic hydroxyl groups is 1. The molecule has 22 heavy (non-hydrogen) atoms. The number of hydrogen-bond donors (Lipinski definition) is 2. The van der Waals surface area contributed by atoms with Crippen LogP contribution in [0.4, 0.5) is 0 Å². The van der Waals surface area contributed by atoms with Crippen molar-refractivity contribution >= 4 is 0 Å². The van der Waals surface area contributed by atoms with Crippen molar-refractivity contribution in [1.29, 1.82) is 0 Å². The van der Waals surface area contributed by atoms with Crippen LogP contribution in [0.25, 0.3) is 0 Å².